The van der Waals surface area contributed by atoms with Crippen LogP contribution in [0.3, 0.4) is 0 Å². The van der Waals surface area contributed by atoms with E-state index in [9.17, 15) is 19.2 Å². The molecule has 0 unspecified atom stereocenters. The highest BCUT2D eigenvalue weighted by atomic mass is 35.5. The highest BCUT2D eigenvalue weighted by molar-refractivity contribution is 6.22. The minimum atomic E-state index is -0.642. The average Bonchev–Trinajstić information content (AvgIpc) is 2.82. The Morgan fingerprint density at radius 3 is 2.27 bits per heavy atom. The third-order valence-corrected chi connectivity index (χ3v) is 4.06. The maximum absolute atomic E-state index is 12.5. The van der Waals surface area contributed by atoms with E-state index in [0.29, 0.717) is 5.56 Å². The number of amides is 4. The summed E-state index contributed by atoms with van der Waals surface area (Å²) in [6, 6.07) is 4.44. The number of carbonyl (C=O) groups excluding carboxylic acids is 4. The fraction of sp³-hybridized carbons (Fsp3) is 0.444. The lowest BCUT2D eigenvalue weighted by Crippen LogP contribution is -2.45. The predicted molar refractivity (Wildman–Crippen MR) is 97.4 cm³/mol. The number of fused-ring (bicyclic) bond motifs is 1. The molecule has 0 saturated heterocycles. The van der Waals surface area contributed by atoms with E-state index in [-0.39, 0.29) is 54.2 Å². The summed E-state index contributed by atoms with van der Waals surface area (Å²) in [5.41, 5.74) is 0.173. The predicted octanol–water partition coefficient (Wildman–Crippen LogP) is 1.56. The van der Waals surface area contributed by atoms with Crippen LogP contribution in [0.25, 0.3) is 0 Å². The van der Waals surface area contributed by atoms with Gasteiger partial charge in [0.2, 0.25) is 5.91 Å². The van der Waals surface area contributed by atoms with Crippen LogP contribution in [0.15, 0.2) is 18.2 Å². The molecule has 7 nitrogen and oxygen atoms in total. The molecule has 2 N–H and O–H groups in total. The second kappa shape index (κ2) is 7.86. The van der Waals surface area contributed by atoms with Gasteiger partial charge < -0.3 is 10.6 Å². The molecular weight excluding hydrogens is 358 g/mol. The van der Waals surface area contributed by atoms with Gasteiger partial charge in [0.25, 0.3) is 17.7 Å². The van der Waals surface area contributed by atoms with Crippen LogP contribution in [0, 0.1) is 0 Å². The van der Waals surface area contributed by atoms with Crippen molar-refractivity contribution < 1.29 is 19.2 Å². The van der Waals surface area contributed by atoms with Crippen molar-refractivity contribution >= 4 is 35.2 Å². The van der Waals surface area contributed by atoms with Crippen LogP contribution in [0.4, 0.5) is 0 Å². The van der Waals surface area contributed by atoms with Crippen LogP contribution >= 0.6 is 11.6 Å². The molecule has 0 radical (unpaired) electrons. The van der Waals surface area contributed by atoms with Crippen LogP contribution in [-0.2, 0) is 4.79 Å². The van der Waals surface area contributed by atoms with Crippen LogP contribution in [-0.4, -0.2) is 53.0 Å². The highest BCUT2D eigenvalue weighted by Gasteiger charge is 2.42. The molecule has 1 aliphatic heterocycles. The van der Waals surface area contributed by atoms with E-state index in [4.69, 9.17) is 11.6 Å². The quantitative estimate of drug-likeness (QED) is 0.445. The number of imide groups is 1. The lowest BCUT2D eigenvalue weighted by Gasteiger charge is -2.29. The van der Waals surface area contributed by atoms with Crippen molar-refractivity contribution in [3.63, 3.8) is 0 Å². The summed E-state index contributed by atoms with van der Waals surface area (Å²) in [5, 5.41) is 5.28. The molecule has 0 bridgehead atoms. The van der Waals surface area contributed by atoms with E-state index >= 15 is 0 Å². The van der Waals surface area contributed by atoms with E-state index in [1.54, 1.807) is 20.8 Å². The molecule has 0 saturated carbocycles. The van der Waals surface area contributed by atoms with Gasteiger partial charge in [0, 0.05) is 36.5 Å². The summed E-state index contributed by atoms with van der Waals surface area (Å²) in [4.78, 5) is 49.7. The van der Waals surface area contributed by atoms with Gasteiger partial charge in [0.1, 0.15) is 0 Å². The van der Waals surface area contributed by atoms with Gasteiger partial charge >= 0.3 is 0 Å². The van der Waals surface area contributed by atoms with E-state index < -0.39 is 11.4 Å². The number of hydrogen-bond acceptors (Lipinski definition) is 4. The standard InChI is InChI=1S/C18H22ClN3O4/c1-18(2,3)22-16(25)12-5-4-11(10-13(12)17(22)26)15(24)21-9-8-20-14(23)6-7-19/h4-5,10H,6-9H2,1-3H3,(H,20,23)(H,21,24). The van der Waals surface area contributed by atoms with Crippen molar-refractivity contribution in [3.8, 4) is 0 Å². The Morgan fingerprint density at radius 1 is 1.04 bits per heavy atom. The minimum Gasteiger partial charge on any atom is -0.354 e. The Kier molecular flexibility index (Phi) is 6.02. The van der Waals surface area contributed by atoms with E-state index in [1.165, 1.54) is 23.1 Å². The number of carbonyl (C=O) groups is 4. The summed E-state index contributed by atoms with van der Waals surface area (Å²) < 4.78 is 0. The molecule has 1 heterocycles. The van der Waals surface area contributed by atoms with Crippen LogP contribution in [0.1, 0.15) is 58.3 Å². The Labute approximate surface area is 157 Å². The van der Waals surface area contributed by atoms with Gasteiger partial charge in [0.15, 0.2) is 0 Å². The lowest BCUT2D eigenvalue weighted by atomic mass is 10.1. The minimum absolute atomic E-state index is 0.182. The molecule has 0 aromatic heterocycles. The molecule has 0 spiro atoms. The molecule has 0 fully saturated rings. The molecule has 8 heteroatoms. The first-order valence-electron chi connectivity index (χ1n) is 8.30. The lowest BCUT2D eigenvalue weighted by molar-refractivity contribution is -0.120. The fourth-order valence-electron chi connectivity index (χ4n) is 2.65. The van der Waals surface area contributed by atoms with Gasteiger partial charge in [0.05, 0.1) is 11.1 Å². The number of halogens is 1. The fourth-order valence-corrected chi connectivity index (χ4v) is 2.82. The molecule has 4 amide bonds. The Hall–Kier alpha value is -2.41. The number of nitrogens with zero attached hydrogens (tertiary/aromatic N) is 1. The molecule has 1 aromatic rings. The van der Waals surface area contributed by atoms with Crippen LogP contribution in [0.2, 0.25) is 0 Å². The molecule has 0 aliphatic carbocycles. The largest absolute Gasteiger partial charge is 0.354 e. The van der Waals surface area contributed by atoms with Gasteiger partial charge in [-0.3, -0.25) is 24.1 Å². The highest BCUT2D eigenvalue weighted by Crippen LogP contribution is 2.29. The van der Waals surface area contributed by atoms with Crippen molar-refractivity contribution in [2.75, 3.05) is 19.0 Å². The van der Waals surface area contributed by atoms with Crippen LogP contribution in [0.5, 0.6) is 0 Å². The van der Waals surface area contributed by atoms with Crippen molar-refractivity contribution in [1.82, 2.24) is 15.5 Å². The molecule has 1 aliphatic rings. The summed E-state index contributed by atoms with van der Waals surface area (Å²) in [6.45, 7) is 5.86. The van der Waals surface area contributed by atoms with E-state index in [1.807, 2.05) is 0 Å². The number of nitrogens with one attached hydrogen (secondary N) is 2. The summed E-state index contributed by atoms with van der Waals surface area (Å²) in [5.74, 6) is -1.08. The maximum atomic E-state index is 12.5. The van der Waals surface area contributed by atoms with Gasteiger partial charge in [-0.15, -0.1) is 11.6 Å². The number of hydrogen-bond donors (Lipinski definition) is 2. The molecule has 0 atom stereocenters. The van der Waals surface area contributed by atoms with Crippen molar-refractivity contribution in [1.29, 1.82) is 0 Å². The van der Waals surface area contributed by atoms with Crippen molar-refractivity contribution in [2.45, 2.75) is 32.7 Å². The van der Waals surface area contributed by atoms with Crippen molar-refractivity contribution in [2.24, 2.45) is 0 Å². The number of benzene rings is 1. The van der Waals surface area contributed by atoms with Gasteiger partial charge in [-0.25, -0.2) is 0 Å². The van der Waals surface area contributed by atoms with Gasteiger partial charge in [-0.2, -0.15) is 0 Å². The maximum Gasteiger partial charge on any atom is 0.262 e. The molecule has 1 aromatic carbocycles. The smallest absolute Gasteiger partial charge is 0.262 e. The van der Waals surface area contributed by atoms with Crippen molar-refractivity contribution in [3.05, 3.63) is 34.9 Å². The first kappa shape index (κ1) is 19.9. The first-order valence-corrected chi connectivity index (χ1v) is 8.84. The Balaban J connectivity index is 2.03. The average molecular weight is 380 g/mol. The van der Waals surface area contributed by atoms with E-state index in [0.717, 1.165) is 0 Å². The normalized spacial score (nSPS) is 13.6. The third kappa shape index (κ3) is 4.22. The number of rotatable bonds is 6. The second-order valence-corrected chi connectivity index (χ2v) is 7.30. The van der Waals surface area contributed by atoms with E-state index in [2.05, 4.69) is 10.6 Å². The molecular formula is C18H22ClN3O4. The number of alkyl halides is 1. The summed E-state index contributed by atoms with van der Waals surface area (Å²) in [7, 11) is 0. The molecule has 2 rings (SSSR count). The topological polar surface area (TPSA) is 95.6 Å². The van der Waals surface area contributed by atoms with Gasteiger partial charge in [-0.05, 0) is 39.0 Å². The zero-order valence-electron chi connectivity index (χ0n) is 15.0. The third-order valence-electron chi connectivity index (χ3n) is 3.87. The monoisotopic (exact) mass is 379 g/mol. The second-order valence-electron chi connectivity index (χ2n) is 6.92. The zero-order chi connectivity index (χ0) is 19.5. The van der Waals surface area contributed by atoms with Crippen LogP contribution < -0.4 is 10.6 Å². The SMILES string of the molecule is CC(C)(C)N1C(=O)c2ccc(C(=O)NCCNC(=O)CCCl)cc2C1=O. The summed E-state index contributed by atoms with van der Waals surface area (Å²) >= 11 is 5.46. The zero-order valence-corrected chi connectivity index (χ0v) is 15.8. The Bertz CT molecular complexity index is 755. The summed E-state index contributed by atoms with van der Waals surface area (Å²) in [6.07, 6.45) is 0.223. The van der Waals surface area contributed by atoms with Gasteiger partial charge in [-0.1, -0.05) is 0 Å². The molecule has 140 valence electrons. The molecule has 26 heavy (non-hydrogen) atoms. The first-order chi connectivity index (χ1) is 12.2. The Morgan fingerprint density at radius 2 is 1.65 bits per heavy atom.